The average molecular weight is 992 g/mol. The van der Waals surface area contributed by atoms with E-state index in [1.165, 1.54) is 218 Å². The Morgan fingerprint density at radius 3 is 0.757 bits per heavy atom. The number of carbonyl (C=O) groups is 3. The van der Waals surface area contributed by atoms with Crippen molar-refractivity contribution in [2.75, 3.05) is 0 Å². The third kappa shape index (κ3) is 43.9. The van der Waals surface area contributed by atoms with Gasteiger partial charge in [-0.3, -0.25) is 14.4 Å². The Bertz CT molecular complexity index is 1060. The third-order valence-electron chi connectivity index (χ3n) is 14.9. The lowest BCUT2D eigenvalue weighted by Gasteiger charge is -2.40. The van der Waals surface area contributed by atoms with E-state index in [4.69, 9.17) is 14.2 Å². The van der Waals surface area contributed by atoms with E-state index in [-0.39, 0.29) is 25.7 Å². The molecule has 0 radical (unpaired) electrons. The maximum atomic E-state index is 13.7. The van der Waals surface area contributed by atoms with Crippen LogP contribution in [0.3, 0.4) is 0 Å². The van der Waals surface area contributed by atoms with Crippen LogP contribution >= 0.6 is 0 Å². The lowest BCUT2D eigenvalue weighted by molar-refractivity contribution is -0.296. The molecule has 0 heterocycles. The molecule has 2 unspecified atom stereocenters. The van der Waals surface area contributed by atoms with Gasteiger partial charge in [0.2, 0.25) is 0 Å². The molecule has 0 aromatic heterocycles. The molecule has 0 bridgehead atoms. The maximum absolute atomic E-state index is 13.7. The van der Waals surface area contributed by atoms with Crippen molar-refractivity contribution >= 4 is 17.9 Å². The van der Waals surface area contributed by atoms with Crippen LogP contribution in [0.15, 0.2) is 0 Å². The average Bonchev–Trinajstić information content (AvgIpc) is 3.34. The monoisotopic (exact) mass is 991 g/mol. The van der Waals surface area contributed by atoms with Gasteiger partial charge in [0.1, 0.15) is 6.10 Å². The van der Waals surface area contributed by atoms with Gasteiger partial charge in [0.15, 0.2) is 6.10 Å². The number of rotatable bonds is 57. The van der Waals surface area contributed by atoms with Gasteiger partial charge in [0.25, 0.3) is 0 Å². The van der Waals surface area contributed by atoms with Gasteiger partial charge in [-0.05, 0) is 32.6 Å². The smallest absolute Gasteiger partial charge is 0.319 e. The van der Waals surface area contributed by atoms with E-state index in [1.807, 2.05) is 0 Å². The number of unbranched alkanes of at least 4 members (excludes halogenated alkanes) is 44. The topological polar surface area (TPSA) is 99.1 Å². The molecule has 0 aliphatic heterocycles. The predicted octanol–water partition coefficient (Wildman–Crippen LogP) is 20.4. The number of hydrogen-bond acceptors (Lipinski definition) is 7. The molecular weight excluding hydrogens is 869 g/mol. The molecule has 0 aromatic rings. The van der Waals surface area contributed by atoms with E-state index >= 15 is 0 Å². The van der Waals surface area contributed by atoms with Gasteiger partial charge >= 0.3 is 23.7 Å². The molecule has 0 aliphatic carbocycles. The van der Waals surface area contributed by atoms with Crippen LogP contribution in [0.25, 0.3) is 0 Å². The van der Waals surface area contributed by atoms with E-state index in [0.717, 1.165) is 64.2 Å². The van der Waals surface area contributed by atoms with Gasteiger partial charge in [-0.2, -0.15) is 0 Å². The van der Waals surface area contributed by atoms with E-state index < -0.39 is 35.9 Å². The second-order valence-electron chi connectivity index (χ2n) is 21.9. The second-order valence-corrected chi connectivity index (χ2v) is 21.9. The van der Waals surface area contributed by atoms with Crippen molar-refractivity contribution in [3.63, 3.8) is 0 Å². The van der Waals surface area contributed by atoms with Crippen LogP contribution < -0.4 is 0 Å². The van der Waals surface area contributed by atoms with Gasteiger partial charge in [-0.15, -0.1) is 0 Å². The summed E-state index contributed by atoms with van der Waals surface area (Å²) in [5.74, 6) is -3.54. The largest absolute Gasteiger partial charge is 0.454 e. The number of hydrogen-bond donors (Lipinski definition) is 1. The molecule has 2 atom stereocenters. The molecule has 416 valence electrons. The van der Waals surface area contributed by atoms with Crippen LogP contribution in [0.2, 0.25) is 0 Å². The van der Waals surface area contributed by atoms with Crippen LogP contribution in [-0.2, 0) is 28.6 Å². The standard InChI is InChI=1S/C63H122O7/c1-6-10-14-17-20-23-26-29-32-35-38-41-44-47-51-55-60(65)68-58(5)63(59(64)54-50-13-9-4,69-61(66)56-52-48-45-42-39-36-33-30-27-24-21-18-15-11-7-2)70-62(67)57-53-49-46-43-40-37-34-31-28-25-22-19-16-12-8-3/h58-59,64H,6-57H2,1-5H3. The molecule has 0 amide bonds. The van der Waals surface area contributed by atoms with Crippen molar-refractivity contribution < 1.29 is 33.7 Å². The van der Waals surface area contributed by atoms with Gasteiger partial charge < -0.3 is 19.3 Å². The van der Waals surface area contributed by atoms with Crippen molar-refractivity contribution in [1.29, 1.82) is 0 Å². The van der Waals surface area contributed by atoms with Crippen molar-refractivity contribution in [3.05, 3.63) is 0 Å². The van der Waals surface area contributed by atoms with Crippen molar-refractivity contribution in [2.24, 2.45) is 0 Å². The highest BCUT2D eigenvalue weighted by Gasteiger charge is 2.52. The fourth-order valence-corrected chi connectivity index (χ4v) is 10.1. The maximum Gasteiger partial charge on any atom is 0.319 e. The first-order valence-corrected chi connectivity index (χ1v) is 31.6. The molecule has 7 nitrogen and oxygen atoms in total. The molecule has 1 N–H and O–H groups in total. The summed E-state index contributed by atoms with van der Waals surface area (Å²) in [4.78, 5) is 40.7. The number of carbonyl (C=O) groups excluding carboxylic acids is 3. The Kier molecular flexibility index (Phi) is 52.4. The number of esters is 3. The van der Waals surface area contributed by atoms with E-state index in [2.05, 4.69) is 27.7 Å². The predicted molar refractivity (Wildman–Crippen MR) is 299 cm³/mol. The highest BCUT2D eigenvalue weighted by atomic mass is 16.8. The molecule has 7 heteroatoms. The zero-order chi connectivity index (χ0) is 51.3. The molecular formula is C63H122O7. The van der Waals surface area contributed by atoms with E-state index in [9.17, 15) is 19.5 Å². The fourth-order valence-electron chi connectivity index (χ4n) is 10.1. The Morgan fingerprint density at radius 1 is 0.314 bits per heavy atom. The quantitative estimate of drug-likeness (QED) is 0.0368. The minimum absolute atomic E-state index is 0.165. The first-order chi connectivity index (χ1) is 34.3. The van der Waals surface area contributed by atoms with Crippen LogP contribution in [0.5, 0.6) is 0 Å². The fraction of sp³-hybridized carbons (Fsp3) is 0.952. The Labute approximate surface area is 436 Å². The van der Waals surface area contributed by atoms with Crippen LogP contribution in [0, 0.1) is 0 Å². The minimum Gasteiger partial charge on any atom is -0.454 e. The van der Waals surface area contributed by atoms with Gasteiger partial charge in [0, 0.05) is 19.3 Å². The van der Waals surface area contributed by atoms with Crippen molar-refractivity contribution in [2.45, 2.75) is 386 Å². The molecule has 0 saturated carbocycles. The van der Waals surface area contributed by atoms with Gasteiger partial charge in [-0.1, -0.05) is 317 Å². The first-order valence-electron chi connectivity index (χ1n) is 31.6. The van der Waals surface area contributed by atoms with Gasteiger partial charge in [-0.25, -0.2) is 0 Å². The number of ether oxygens (including phenoxy) is 3. The molecule has 0 aliphatic rings. The van der Waals surface area contributed by atoms with Crippen LogP contribution in [-0.4, -0.2) is 41.0 Å². The first kappa shape index (κ1) is 68.4. The SMILES string of the molecule is CCCCCCCCCCCCCCCCCC(=O)OC(C)C(OC(=O)CCCCCCCCCCCCCCCCC)(OC(=O)CCCCCCCCCCCCCCCCC)C(O)CCCCC. The summed E-state index contributed by atoms with van der Waals surface area (Å²) in [7, 11) is 0. The van der Waals surface area contributed by atoms with Crippen LogP contribution in [0.1, 0.15) is 369 Å². The molecule has 0 spiro atoms. The summed E-state index contributed by atoms with van der Waals surface area (Å²) in [6, 6.07) is 0. The summed E-state index contributed by atoms with van der Waals surface area (Å²) in [6.07, 6.45) is 56.6. The Morgan fingerprint density at radius 2 is 0.514 bits per heavy atom. The van der Waals surface area contributed by atoms with Gasteiger partial charge in [0.05, 0.1) is 0 Å². The summed E-state index contributed by atoms with van der Waals surface area (Å²) in [6.45, 7) is 10.5. The van der Waals surface area contributed by atoms with Crippen LogP contribution in [0.4, 0.5) is 0 Å². The lowest BCUT2D eigenvalue weighted by Crippen LogP contribution is -2.58. The summed E-state index contributed by atoms with van der Waals surface area (Å²) in [5.41, 5.74) is 0. The Hall–Kier alpha value is -1.63. The van der Waals surface area contributed by atoms with E-state index in [1.54, 1.807) is 6.92 Å². The van der Waals surface area contributed by atoms with E-state index in [0.29, 0.717) is 25.7 Å². The number of aliphatic hydroxyl groups excluding tert-OH is 1. The highest BCUT2D eigenvalue weighted by molar-refractivity contribution is 5.73. The second kappa shape index (κ2) is 53.7. The highest BCUT2D eigenvalue weighted by Crippen LogP contribution is 2.32. The molecule has 0 fully saturated rings. The zero-order valence-corrected chi connectivity index (χ0v) is 47.8. The molecule has 70 heavy (non-hydrogen) atoms. The van der Waals surface area contributed by atoms with Crippen molar-refractivity contribution in [1.82, 2.24) is 0 Å². The number of aliphatic hydroxyl groups is 1. The third-order valence-corrected chi connectivity index (χ3v) is 14.9. The summed E-state index contributed by atoms with van der Waals surface area (Å²) >= 11 is 0. The summed E-state index contributed by atoms with van der Waals surface area (Å²) < 4.78 is 18.2. The molecule has 0 saturated heterocycles. The molecule has 0 aromatic carbocycles. The molecule has 0 rings (SSSR count). The summed E-state index contributed by atoms with van der Waals surface area (Å²) in [5, 5.41) is 11.8. The lowest BCUT2D eigenvalue weighted by atomic mass is 9.97. The zero-order valence-electron chi connectivity index (χ0n) is 47.8. The normalized spacial score (nSPS) is 12.6. The Balaban J connectivity index is 5.17. The van der Waals surface area contributed by atoms with Crippen molar-refractivity contribution in [3.8, 4) is 0 Å². The minimum atomic E-state index is -2.09.